The average molecular weight is 807 g/mol. The fraction of sp³-hybridized carbons (Fsp3) is 0.0169. The van der Waals surface area contributed by atoms with Crippen LogP contribution in [0.3, 0.4) is 0 Å². The highest BCUT2D eigenvalue weighted by atomic mass is 32.1. The van der Waals surface area contributed by atoms with Crippen molar-refractivity contribution in [3.8, 4) is 67.3 Å². The molecule has 2 nitrogen and oxygen atoms in total. The zero-order valence-electron chi connectivity index (χ0n) is 33.7. The summed E-state index contributed by atoms with van der Waals surface area (Å²) in [7, 11) is 0. The molecule has 1 aliphatic carbocycles. The number of hydrogen-bond acceptors (Lipinski definition) is 3. The molecule has 0 atom stereocenters. The maximum absolute atomic E-state index is 5.37. The van der Waals surface area contributed by atoms with Crippen LogP contribution in [-0.4, -0.2) is 9.97 Å². The molecule has 0 N–H and O–H groups in total. The van der Waals surface area contributed by atoms with Gasteiger partial charge in [0.2, 0.25) is 0 Å². The van der Waals surface area contributed by atoms with E-state index in [9.17, 15) is 0 Å². The Balaban J connectivity index is 1.05. The number of fused-ring (bicyclic) bond motifs is 6. The molecule has 0 amide bonds. The Labute approximate surface area is 365 Å². The van der Waals surface area contributed by atoms with Crippen LogP contribution in [0.5, 0.6) is 0 Å². The van der Waals surface area contributed by atoms with Gasteiger partial charge in [-0.05, 0) is 68.3 Å². The minimum atomic E-state index is -0.452. The highest BCUT2D eigenvalue weighted by Gasteiger charge is 2.46. The molecule has 3 heteroatoms. The fourth-order valence-corrected chi connectivity index (χ4v) is 11.1. The van der Waals surface area contributed by atoms with E-state index in [1.165, 1.54) is 59.1 Å². The van der Waals surface area contributed by atoms with Crippen LogP contribution in [-0.2, 0) is 5.41 Å². The second-order valence-corrected chi connectivity index (χ2v) is 17.0. The van der Waals surface area contributed by atoms with Gasteiger partial charge in [-0.15, -0.1) is 11.3 Å². The zero-order chi connectivity index (χ0) is 41.0. The smallest absolute Gasteiger partial charge is 0.160 e. The first-order valence-corrected chi connectivity index (χ1v) is 22.0. The van der Waals surface area contributed by atoms with Crippen molar-refractivity contribution in [1.82, 2.24) is 9.97 Å². The van der Waals surface area contributed by atoms with Crippen LogP contribution in [0.1, 0.15) is 22.3 Å². The van der Waals surface area contributed by atoms with Crippen molar-refractivity contribution in [3.63, 3.8) is 0 Å². The van der Waals surface area contributed by atoms with Gasteiger partial charge < -0.3 is 0 Å². The Bertz CT molecular complexity index is 3420. The Hall–Kier alpha value is -7.72. The van der Waals surface area contributed by atoms with E-state index in [0.717, 1.165) is 44.8 Å². The van der Waals surface area contributed by atoms with E-state index < -0.39 is 5.41 Å². The minimum absolute atomic E-state index is 0.452. The molecular weight excluding hydrogens is 769 g/mol. The molecule has 0 saturated heterocycles. The fourth-order valence-electron chi connectivity index (χ4n) is 9.92. The van der Waals surface area contributed by atoms with Crippen molar-refractivity contribution >= 4 is 31.5 Å². The van der Waals surface area contributed by atoms with Gasteiger partial charge in [0, 0.05) is 42.4 Å². The lowest BCUT2D eigenvalue weighted by atomic mass is 9.67. The Kier molecular flexibility index (Phi) is 8.62. The molecule has 0 fully saturated rings. The quantitative estimate of drug-likeness (QED) is 0.160. The van der Waals surface area contributed by atoms with E-state index in [2.05, 4.69) is 224 Å². The first-order valence-electron chi connectivity index (χ1n) is 21.2. The number of rotatable bonds is 7. The molecule has 290 valence electrons. The van der Waals surface area contributed by atoms with Gasteiger partial charge in [-0.25, -0.2) is 9.97 Å². The number of thiophene rings is 1. The topological polar surface area (TPSA) is 25.8 Å². The van der Waals surface area contributed by atoms with Crippen LogP contribution < -0.4 is 0 Å². The number of hydrogen-bond donors (Lipinski definition) is 0. The lowest BCUT2D eigenvalue weighted by Gasteiger charge is -2.33. The monoisotopic (exact) mass is 806 g/mol. The van der Waals surface area contributed by atoms with E-state index in [0.29, 0.717) is 5.82 Å². The first kappa shape index (κ1) is 36.2. The van der Waals surface area contributed by atoms with Gasteiger partial charge in [0.25, 0.3) is 0 Å². The Morgan fingerprint density at radius 2 is 0.839 bits per heavy atom. The summed E-state index contributed by atoms with van der Waals surface area (Å²) in [6.07, 6.45) is 0. The molecule has 62 heavy (non-hydrogen) atoms. The SMILES string of the molecule is c1ccc(-c2nc(-c3ccccc3-c3ccc4c(c3)-c3ccccc3C4(c3ccccc3)c3ccccc3)cc(-c3ccccc3-c3cccc4c3sc3ccccc34)n2)cc1. The van der Waals surface area contributed by atoms with Gasteiger partial charge in [-0.1, -0.05) is 212 Å². The molecule has 1 aliphatic rings. The van der Waals surface area contributed by atoms with Gasteiger partial charge >= 0.3 is 0 Å². The summed E-state index contributed by atoms with van der Waals surface area (Å²) in [5, 5.41) is 2.57. The normalized spacial score (nSPS) is 12.6. The second-order valence-electron chi connectivity index (χ2n) is 16.0. The van der Waals surface area contributed by atoms with Crippen LogP contribution in [0, 0.1) is 0 Å². The van der Waals surface area contributed by atoms with Crippen LogP contribution in [0.4, 0.5) is 0 Å². The molecule has 0 radical (unpaired) electrons. The summed E-state index contributed by atoms with van der Waals surface area (Å²) < 4.78 is 2.58. The van der Waals surface area contributed by atoms with E-state index in [1.54, 1.807) is 0 Å². The lowest BCUT2D eigenvalue weighted by molar-refractivity contribution is 0.768. The van der Waals surface area contributed by atoms with E-state index in [4.69, 9.17) is 9.97 Å². The molecule has 2 aromatic heterocycles. The highest BCUT2D eigenvalue weighted by molar-refractivity contribution is 7.26. The average Bonchev–Trinajstić information content (AvgIpc) is 3.89. The predicted octanol–water partition coefficient (Wildman–Crippen LogP) is 15.5. The van der Waals surface area contributed by atoms with Gasteiger partial charge in [-0.3, -0.25) is 0 Å². The number of nitrogens with zero attached hydrogens (tertiary/aromatic N) is 2. The molecule has 12 rings (SSSR count). The third-order valence-electron chi connectivity index (χ3n) is 12.6. The zero-order valence-corrected chi connectivity index (χ0v) is 34.6. The molecule has 0 saturated carbocycles. The number of aromatic nitrogens is 2. The largest absolute Gasteiger partial charge is 0.228 e. The molecule has 0 spiro atoms. The third kappa shape index (κ3) is 5.70. The summed E-state index contributed by atoms with van der Waals surface area (Å²) >= 11 is 1.86. The van der Waals surface area contributed by atoms with E-state index in [-0.39, 0.29) is 0 Å². The van der Waals surface area contributed by atoms with Gasteiger partial charge in [-0.2, -0.15) is 0 Å². The summed E-state index contributed by atoms with van der Waals surface area (Å²) in [6.45, 7) is 0. The van der Waals surface area contributed by atoms with E-state index in [1.807, 2.05) is 17.4 Å². The van der Waals surface area contributed by atoms with Crippen molar-refractivity contribution in [2.75, 3.05) is 0 Å². The molecule has 0 unspecified atom stereocenters. The third-order valence-corrected chi connectivity index (χ3v) is 13.8. The predicted molar refractivity (Wildman–Crippen MR) is 259 cm³/mol. The summed E-state index contributed by atoms with van der Waals surface area (Å²) in [5.74, 6) is 0.696. The molecule has 9 aromatic carbocycles. The summed E-state index contributed by atoms with van der Waals surface area (Å²) in [4.78, 5) is 10.7. The Morgan fingerprint density at radius 3 is 1.55 bits per heavy atom. The summed E-state index contributed by atoms with van der Waals surface area (Å²) in [5.41, 5.74) is 16.7. The molecule has 0 bridgehead atoms. The van der Waals surface area contributed by atoms with Crippen LogP contribution >= 0.6 is 11.3 Å². The van der Waals surface area contributed by atoms with Crippen molar-refractivity contribution < 1.29 is 0 Å². The van der Waals surface area contributed by atoms with Crippen molar-refractivity contribution in [2.45, 2.75) is 5.41 Å². The standard InChI is InChI=1S/C59H38N2S/c1-4-19-39(20-5-1)58-60-54(38-55(61-58)47-29-13-11-26-44(47)49-31-18-32-50-48-30-15-17-34-56(48)62-57(49)50)46-28-12-10-25-43(46)40-35-36-53-51(37-40)45-27-14-16-33-52(45)59(53,41-21-6-2-7-22-41)42-23-8-3-9-24-42/h1-38H. The maximum Gasteiger partial charge on any atom is 0.160 e. The van der Waals surface area contributed by atoms with Gasteiger partial charge in [0.1, 0.15) is 0 Å². The summed E-state index contributed by atoms with van der Waals surface area (Å²) in [6, 6.07) is 83.3. The molecule has 0 aliphatic heterocycles. The van der Waals surface area contributed by atoms with Crippen molar-refractivity contribution in [2.24, 2.45) is 0 Å². The Morgan fingerprint density at radius 1 is 0.323 bits per heavy atom. The number of benzene rings is 9. The van der Waals surface area contributed by atoms with Gasteiger partial charge in [0.05, 0.1) is 16.8 Å². The van der Waals surface area contributed by atoms with Crippen LogP contribution in [0.15, 0.2) is 231 Å². The molecule has 2 heterocycles. The van der Waals surface area contributed by atoms with Gasteiger partial charge in [0.15, 0.2) is 5.82 Å². The molecule has 11 aromatic rings. The van der Waals surface area contributed by atoms with E-state index >= 15 is 0 Å². The second kappa shape index (κ2) is 14.8. The first-order chi connectivity index (χ1) is 30.8. The lowest BCUT2D eigenvalue weighted by Crippen LogP contribution is -2.28. The minimum Gasteiger partial charge on any atom is -0.228 e. The maximum atomic E-state index is 5.37. The van der Waals surface area contributed by atoms with Crippen LogP contribution in [0.2, 0.25) is 0 Å². The van der Waals surface area contributed by atoms with Crippen LogP contribution in [0.25, 0.3) is 87.5 Å². The van der Waals surface area contributed by atoms with Crippen molar-refractivity contribution in [3.05, 3.63) is 253 Å². The van der Waals surface area contributed by atoms with Crippen molar-refractivity contribution in [1.29, 1.82) is 0 Å². The highest BCUT2D eigenvalue weighted by Crippen LogP contribution is 2.57. The molecular formula is C59H38N2S.